The van der Waals surface area contributed by atoms with Gasteiger partial charge in [-0.2, -0.15) is 0 Å². The first kappa shape index (κ1) is 7.98. The molecule has 0 aromatic heterocycles. The molecule has 2 N–H and O–H groups in total. The Balaban J connectivity index is 2.30. The smallest absolute Gasteiger partial charge is 0.0791 e. The van der Waals surface area contributed by atoms with Crippen LogP contribution in [0.2, 0.25) is 0 Å². The maximum atomic E-state index is 9.29. The normalized spacial score (nSPS) is 30.0. The van der Waals surface area contributed by atoms with E-state index >= 15 is 0 Å². The summed E-state index contributed by atoms with van der Waals surface area (Å²) >= 11 is 0. The van der Waals surface area contributed by atoms with Crippen molar-refractivity contribution >= 4 is 0 Å². The summed E-state index contributed by atoms with van der Waals surface area (Å²) in [5, 5.41) is 12.5. The van der Waals surface area contributed by atoms with E-state index in [9.17, 15) is 5.11 Å². The Labute approximate surface area is 62.0 Å². The van der Waals surface area contributed by atoms with Gasteiger partial charge in [0, 0.05) is 26.2 Å². The first-order valence-electron chi connectivity index (χ1n) is 3.94. The van der Waals surface area contributed by atoms with Crippen LogP contribution >= 0.6 is 0 Å². The van der Waals surface area contributed by atoms with Crippen molar-refractivity contribution in [2.75, 3.05) is 32.7 Å². The highest BCUT2D eigenvalue weighted by Gasteiger charge is 2.12. The van der Waals surface area contributed by atoms with Crippen molar-refractivity contribution in [3.63, 3.8) is 0 Å². The van der Waals surface area contributed by atoms with Crippen LogP contribution in [0, 0.1) is 0 Å². The quantitative estimate of drug-likeness (QED) is 0.509. The number of nitrogens with one attached hydrogen (secondary N) is 1. The van der Waals surface area contributed by atoms with Crippen LogP contribution in [0.25, 0.3) is 0 Å². The van der Waals surface area contributed by atoms with Crippen LogP contribution in [0.5, 0.6) is 0 Å². The Morgan fingerprint density at radius 2 is 2.50 bits per heavy atom. The van der Waals surface area contributed by atoms with Gasteiger partial charge in [-0.3, -0.25) is 4.90 Å². The number of β-amino-alcohol motifs (C(OH)–C–C–N with tert-alkyl or cyclic N) is 1. The molecule has 1 aliphatic rings. The molecule has 0 amide bonds. The summed E-state index contributed by atoms with van der Waals surface area (Å²) in [4.78, 5) is 2.25. The van der Waals surface area contributed by atoms with E-state index in [-0.39, 0.29) is 6.10 Å². The van der Waals surface area contributed by atoms with E-state index in [0.717, 1.165) is 32.7 Å². The fraction of sp³-hybridized carbons (Fsp3) is 1.00. The summed E-state index contributed by atoms with van der Waals surface area (Å²) in [6.45, 7) is 6.80. The second kappa shape index (κ2) is 3.91. The molecule has 0 saturated carbocycles. The maximum absolute atomic E-state index is 9.29. The molecule has 0 radical (unpaired) electrons. The predicted molar refractivity (Wildman–Crippen MR) is 41.0 cm³/mol. The number of hydrogen-bond acceptors (Lipinski definition) is 3. The van der Waals surface area contributed by atoms with Gasteiger partial charge in [0.25, 0.3) is 0 Å². The van der Waals surface area contributed by atoms with Crippen molar-refractivity contribution in [1.29, 1.82) is 0 Å². The molecule has 1 atom stereocenters. The summed E-state index contributed by atoms with van der Waals surface area (Å²) in [5.74, 6) is 0. The highest BCUT2D eigenvalue weighted by molar-refractivity contribution is 4.71. The van der Waals surface area contributed by atoms with Crippen LogP contribution in [0.4, 0.5) is 0 Å². The molecule has 1 heterocycles. The number of aliphatic hydroxyl groups is 1. The van der Waals surface area contributed by atoms with Crippen LogP contribution in [-0.2, 0) is 0 Å². The van der Waals surface area contributed by atoms with Gasteiger partial charge in [-0.25, -0.2) is 0 Å². The summed E-state index contributed by atoms with van der Waals surface area (Å²) in [6.07, 6.45) is -0.178. The predicted octanol–water partition coefficient (Wildman–Crippen LogP) is -0.728. The molecule has 0 aromatic carbocycles. The largest absolute Gasteiger partial charge is 0.390 e. The molecular weight excluding hydrogens is 128 g/mol. The molecule has 0 bridgehead atoms. The SMILES string of the molecule is CCN1CCNCC(O)C1. The highest BCUT2D eigenvalue weighted by Crippen LogP contribution is 1.94. The second-order valence-corrected chi connectivity index (χ2v) is 2.75. The molecule has 1 rings (SSSR count). The van der Waals surface area contributed by atoms with Gasteiger partial charge in [-0.15, -0.1) is 0 Å². The Hall–Kier alpha value is -0.120. The average Bonchev–Trinajstić information content (AvgIpc) is 2.13. The Kier molecular flexibility index (Phi) is 3.12. The molecule has 60 valence electrons. The topological polar surface area (TPSA) is 35.5 Å². The van der Waals surface area contributed by atoms with Crippen molar-refractivity contribution in [1.82, 2.24) is 10.2 Å². The first-order valence-corrected chi connectivity index (χ1v) is 3.94. The van der Waals surface area contributed by atoms with Gasteiger partial charge >= 0.3 is 0 Å². The van der Waals surface area contributed by atoms with Gasteiger partial charge in [-0.05, 0) is 6.54 Å². The van der Waals surface area contributed by atoms with E-state index in [1.807, 2.05) is 0 Å². The molecule has 3 nitrogen and oxygen atoms in total. The lowest BCUT2D eigenvalue weighted by molar-refractivity contribution is 0.133. The number of aliphatic hydroxyl groups excluding tert-OH is 1. The molecule has 3 heteroatoms. The minimum atomic E-state index is -0.178. The van der Waals surface area contributed by atoms with Gasteiger partial charge < -0.3 is 10.4 Å². The lowest BCUT2D eigenvalue weighted by atomic mass is 10.3. The zero-order chi connectivity index (χ0) is 7.40. The van der Waals surface area contributed by atoms with Crippen molar-refractivity contribution in [2.24, 2.45) is 0 Å². The molecule has 10 heavy (non-hydrogen) atoms. The van der Waals surface area contributed by atoms with E-state index in [1.165, 1.54) is 0 Å². The van der Waals surface area contributed by atoms with E-state index in [4.69, 9.17) is 0 Å². The van der Waals surface area contributed by atoms with Gasteiger partial charge in [0.1, 0.15) is 0 Å². The van der Waals surface area contributed by atoms with Gasteiger partial charge in [0.05, 0.1) is 6.10 Å². The van der Waals surface area contributed by atoms with Gasteiger partial charge in [-0.1, -0.05) is 6.92 Å². The summed E-state index contributed by atoms with van der Waals surface area (Å²) in [7, 11) is 0. The van der Waals surface area contributed by atoms with Crippen LogP contribution < -0.4 is 5.32 Å². The monoisotopic (exact) mass is 144 g/mol. The Morgan fingerprint density at radius 1 is 1.70 bits per heavy atom. The fourth-order valence-corrected chi connectivity index (χ4v) is 1.25. The van der Waals surface area contributed by atoms with Gasteiger partial charge in [0.15, 0.2) is 0 Å². The molecule has 1 aliphatic heterocycles. The number of hydrogen-bond donors (Lipinski definition) is 2. The van der Waals surface area contributed by atoms with Crippen molar-refractivity contribution < 1.29 is 5.11 Å². The van der Waals surface area contributed by atoms with Crippen molar-refractivity contribution in [3.05, 3.63) is 0 Å². The molecular formula is C7H16N2O. The third-order valence-corrected chi connectivity index (χ3v) is 1.90. The highest BCUT2D eigenvalue weighted by atomic mass is 16.3. The van der Waals surface area contributed by atoms with Crippen LogP contribution in [0.15, 0.2) is 0 Å². The third kappa shape index (κ3) is 2.25. The first-order chi connectivity index (χ1) is 4.83. The van der Waals surface area contributed by atoms with E-state index in [1.54, 1.807) is 0 Å². The van der Waals surface area contributed by atoms with E-state index in [0.29, 0.717) is 0 Å². The third-order valence-electron chi connectivity index (χ3n) is 1.90. The molecule has 1 fully saturated rings. The summed E-state index contributed by atoms with van der Waals surface area (Å²) in [6, 6.07) is 0. The van der Waals surface area contributed by atoms with Crippen molar-refractivity contribution in [2.45, 2.75) is 13.0 Å². The van der Waals surface area contributed by atoms with E-state index in [2.05, 4.69) is 17.1 Å². The number of likely N-dealkylation sites (N-methyl/N-ethyl adjacent to an activating group) is 1. The Bertz CT molecular complexity index is 97.6. The number of nitrogens with zero attached hydrogens (tertiary/aromatic N) is 1. The van der Waals surface area contributed by atoms with Crippen molar-refractivity contribution in [3.8, 4) is 0 Å². The zero-order valence-electron chi connectivity index (χ0n) is 6.51. The summed E-state index contributed by atoms with van der Waals surface area (Å²) < 4.78 is 0. The molecule has 0 aliphatic carbocycles. The second-order valence-electron chi connectivity index (χ2n) is 2.75. The van der Waals surface area contributed by atoms with E-state index < -0.39 is 0 Å². The molecule has 0 aromatic rings. The lowest BCUT2D eigenvalue weighted by Crippen LogP contribution is -2.32. The fourth-order valence-electron chi connectivity index (χ4n) is 1.25. The zero-order valence-corrected chi connectivity index (χ0v) is 6.51. The minimum Gasteiger partial charge on any atom is -0.390 e. The number of rotatable bonds is 1. The van der Waals surface area contributed by atoms with Crippen LogP contribution in [-0.4, -0.2) is 48.8 Å². The molecule has 1 unspecified atom stereocenters. The molecule has 1 saturated heterocycles. The maximum Gasteiger partial charge on any atom is 0.0791 e. The van der Waals surface area contributed by atoms with Crippen LogP contribution in [0.1, 0.15) is 6.92 Å². The molecule has 0 spiro atoms. The minimum absolute atomic E-state index is 0.178. The average molecular weight is 144 g/mol. The van der Waals surface area contributed by atoms with Gasteiger partial charge in [0.2, 0.25) is 0 Å². The lowest BCUT2D eigenvalue weighted by Gasteiger charge is -2.18. The van der Waals surface area contributed by atoms with Crippen LogP contribution in [0.3, 0.4) is 0 Å². The summed E-state index contributed by atoms with van der Waals surface area (Å²) in [5.41, 5.74) is 0. The standard InChI is InChI=1S/C7H16N2O/c1-2-9-4-3-8-5-7(10)6-9/h7-8,10H,2-6H2,1H3. The Morgan fingerprint density at radius 3 is 3.20 bits per heavy atom.